The molecule has 0 atom stereocenters. The number of anilines is 1. The maximum atomic E-state index is 12.7. The van der Waals surface area contributed by atoms with Gasteiger partial charge in [-0.1, -0.05) is 17.7 Å². The minimum Gasteiger partial charge on any atom is -0.278 e. The van der Waals surface area contributed by atoms with Crippen molar-refractivity contribution >= 4 is 27.0 Å². The predicted molar refractivity (Wildman–Crippen MR) is 99.6 cm³/mol. The third kappa shape index (κ3) is 3.64. The number of thiophene rings is 1. The van der Waals surface area contributed by atoms with E-state index in [2.05, 4.69) is 14.9 Å². The molecule has 0 aliphatic rings. The molecule has 2 heterocycles. The summed E-state index contributed by atoms with van der Waals surface area (Å²) in [6.45, 7) is 5.73. The van der Waals surface area contributed by atoms with Crippen LogP contribution in [0.2, 0.25) is 0 Å². The maximum Gasteiger partial charge on any atom is 0.271 e. The van der Waals surface area contributed by atoms with Gasteiger partial charge in [-0.25, -0.2) is 13.5 Å². The molecule has 2 N–H and O–H groups in total. The lowest BCUT2D eigenvalue weighted by Crippen LogP contribution is -2.13. The SMILES string of the molecule is Cc1cc(C)c(NS(=O)(=O)c2ccc(-c3ccc(=O)[nH]n3)s2)c(C)c1. The van der Waals surface area contributed by atoms with E-state index in [0.717, 1.165) is 28.0 Å². The molecule has 0 spiro atoms. The van der Waals surface area contributed by atoms with Gasteiger partial charge in [0.15, 0.2) is 0 Å². The standard InChI is InChI=1S/C17H17N3O3S2/c1-10-8-11(2)17(12(3)9-10)20-25(22,23)16-7-5-14(24-16)13-4-6-15(21)19-18-13/h4-9,20H,1-3H3,(H,19,21). The summed E-state index contributed by atoms with van der Waals surface area (Å²) < 4.78 is 28.3. The van der Waals surface area contributed by atoms with Crippen molar-refractivity contribution in [3.05, 3.63) is 63.4 Å². The van der Waals surface area contributed by atoms with Gasteiger partial charge < -0.3 is 0 Å². The summed E-state index contributed by atoms with van der Waals surface area (Å²) in [6, 6.07) is 10.0. The van der Waals surface area contributed by atoms with Crippen LogP contribution in [0.25, 0.3) is 10.6 Å². The lowest BCUT2D eigenvalue weighted by atomic mass is 10.1. The Morgan fingerprint density at radius 1 is 1.04 bits per heavy atom. The van der Waals surface area contributed by atoms with Crippen LogP contribution in [-0.4, -0.2) is 18.6 Å². The van der Waals surface area contributed by atoms with E-state index in [0.29, 0.717) is 16.3 Å². The summed E-state index contributed by atoms with van der Waals surface area (Å²) >= 11 is 1.10. The van der Waals surface area contributed by atoms with Crippen molar-refractivity contribution in [2.75, 3.05) is 4.72 Å². The molecule has 3 aromatic rings. The third-order valence-corrected chi connectivity index (χ3v) is 6.64. The van der Waals surface area contributed by atoms with Gasteiger partial charge in [0.2, 0.25) is 0 Å². The summed E-state index contributed by atoms with van der Waals surface area (Å²) in [6.07, 6.45) is 0. The summed E-state index contributed by atoms with van der Waals surface area (Å²) in [5.74, 6) is 0. The van der Waals surface area contributed by atoms with Crippen LogP contribution in [0.5, 0.6) is 0 Å². The van der Waals surface area contributed by atoms with E-state index in [9.17, 15) is 13.2 Å². The summed E-state index contributed by atoms with van der Waals surface area (Å²) in [7, 11) is -3.70. The van der Waals surface area contributed by atoms with Crippen LogP contribution in [0.3, 0.4) is 0 Å². The molecule has 0 aliphatic heterocycles. The molecule has 2 aromatic heterocycles. The number of H-pyrrole nitrogens is 1. The maximum absolute atomic E-state index is 12.7. The van der Waals surface area contributed by atoms with Gasteiger partial charge in [-0.05, 0) is 50.1 Å². The second-order valence-electron chi connectivity index (χ2n) is 5.80. The molecule has 0 radical (unpaired) electrons. The Morgan fingerprint density at radius 2 is 1.72 bits per heavy atom. The van der Waals surface area contributed by atoms with E-state index < -0.39 is 10.0 Å². The molecular formula is C17H17N3O3S2. The molecule has 25 heavy (non-hydrogen) atoms. The van der Waals surface area contributed by atoms with Gasteiger partial charge in [-0.2, -0.15) is 5.10 Å². The van der Waals surface area contributed by atoms with Gasteiger partial charge in [0.05, 0.1) is 10.6 Å². The van der Waals surface area contributed by atoms with Crippen LogP contribution >= 0.6 is 11.3 Å². The number of aromatic amines is 1. The fourth-order valence-electron chi connectivity index (χ4n) is 2.61. The molecule has 0 saturated carbocycles. The Labute approximate surface area is 149 Å². The molecule has 8 heteroatoms. The number of aromatic nitrogens is 2. The van der Waals surface area contributed by atoms with Crippen LogP contribution in [0.4, 0.5) is 5.69 Å². The fourth-order valence-corrected chi connectivity index (χ4v) is 5.09. The van der Waals surface area contributed by atoms with Gasteiger partial charge in [0, 0.05) is 6.07 Å². The minimum absolute atomic E-state index is 0.190. The van der Waals surface area contributed by atoms with E-state index in [4.69, 9.17) is 0 Å². The van der Waals surface area contributed by atoms with Crippen molar-refractivity contribution < 1.29 is 8.42 Å². The van der Waals surface area contributed by atoms with E-state index in [1.165, 1.54) is 12.1 Å². The average Bonchev–Trinajstić information content (AvgIpc) is 3.02. The van der Waals surface area contributed by atoms with E-state index in [1.54, 1.807) is 12.1 Å². The average molecular weight is 375 g/mol. The molecule has 0 aliphatic carbocycles. The molecule has 0 fully saturated rings. The van der Waals surface area contributed by atoms with Gasteiger partial charge in [0.1, 0.15) is 9.90 Å². The van der Waals surface area contributed by atoms with Crippen LogP contribution in [0.1, 0.15) is 16.7 Å². The Kier molecular flexibility index (Phi) is 4.49. The highest BCUT2D eigenvalue weighted by Crippen LogP contribution is 2.31. The number of nitrogens with one attached hydrogen (secondary N) is 2. The number of aryl methyl sites for hydroxylation is 3. The second kappa shape index (κ2) is 6.45. The lowest BCUT2D eigenvalue weighted by molar-refractivity contribution is 0.603. The number of rotatable bonds is 4. The molecule has 0 amide bonds. The van der Waals surface area contributed by atoms with Crippen LogP contribution < -0.4 is 10.3 Å². The first-order chi connectivity index (χ1) is 11.8. The Balaban J connectivity index is 1.94. The van der Waals surface area contributed by atoms with E-state index in [1.807, 2.05) is 32.9 Å². The van der Waals surface area contributed by atoms with Gasteiger partial charge in [0.25, 0.3) is 15.6 Å². The molecule has 6 nitrogen and oxygen atoms in total. The first kappa shape index (κ1) is 17.4. The van der Waals surface area contributed by atoms with Gasteiger partial charge in [-0.15, -0.1) is 11.3 Å². The van der Waals surface area contributed by atoms with Crippen molar-refractivity contribution in [3.63, 3.8) is 0 Å². The van der Waals surface area contributed by atoms with Gasteiger partial charge >= 0.3 is 0 Å². The topological polar surface area (TPSA) is 91.9 Å². The van der Waals surface area contributed by atoms with Crippen molar-refractivity contribution in [1.82, 2.24) is 10.2 Å². The highest BCUT2D eigenvalue weighted by molar-refractivity contribution is 7.94. The molecule has 0 bridgehead atoms. The van der Waals surface area contributed by atoms with Crippen molar-refractivity contribution in [3.8, 4) is 10.6 Å². The normalized spacial score (nSPS) is 11.5. The van der Waals surface area contributed by atoms with Gasteiger partial charge in [-0.3, -0.25) is 9.52 Å². The number of hydrogen-bond donors (Lipinski definition) is 2. The number of benzene rings is 1. The number of hydrogen-bond acceptors (Lipinski definition) is 5. The predicted octanol–water partition coefficient (Wildman–Crippen LogP) is 3.22. The molecule has 0 saturated heterocycles. The quantitative estimate of drug-likeness (QED) is 0.732. The molecule has 0 unspecified atom stereocenters. The van der Waals surface area contributed by atoms with E-state index in [-0.39, 0.29) is 9.77 Å². The summed E-state index contributed by atoms with van der Waals surface area (Å²) in [4.78, 5) is 11.7. The highest BCUT2D eigenvalue weighted by atomic mass is 32.2. The highest BCUT2D eigenvalue weighted by Gasteiger charge is 2.20. The smallest absolute Gasteiger partial charge is 0.271 e. The number of nitrogens with zero attached hydrogens (tertiary/aromatic N) is 1. The zero-order valence-corrected chi connectivity index (χ0v) is 15.6. The summed E-state index contributed by atoms with van der Waals surface area (Å²) in [5, 5.41) is 6.27. The monoisotopic (exact) mass is 375 g/mol. The Morgan fingerprint density at radius 3 is 2.32 bits per heavy atom. The largest absolute Gasteiger partial charge is 0.278 e. The molecular weight excluding hydrogens is 358 g/mol. The fraction of sp³-hybridized carbons (Fsp3) is 0.176. The van der Waals surface area contributed by atoms with Crippen LogP contribution in [0.15, 0.2) is 45.4 Å². The second-order valence-corrected chi connectivity index (χ2v) is 8.80. The van der Waals surface area contributed by atoms with Crippen LogP contribution in [-0.2, 0) is 10.0 Å². The third-order valence-electron chi connectivity index (χ3n) is 3.69. The Hall–Kier alpha value is -2.45. The summed E-state index contributed by atoms with van der Waals surface area (Å²) in [5.41, 5.74) is 3.65. The van der Waals surface area contributed by atoms with Crippen LogP contribution in [0, 0.1) is 20.8 Å². The van der Waals surface area contributed by atoms with Crippen molar-refractivity contribution in [2.45, 2.75) is 25.0 Å². The number of sulfonamides is 1. The zero-order chi connectivity index (χ0) is 18.2. The Bertz CT molecular complexity index is 1050. The first-order valence-corrected chi connectivity index (χ1v) is 9.83. The molecule has 3 rings (SSSR count). The van der Waals surface area contributed by atoms with E-state index >= 15 is 0 Å². The van der Waals surface area contributed by atoms with Crippen molar-refractivity contribution in [1.29, 1.82) is 0 Å². The molecule has 130 valence electrons. The minimum atomic E-state index is -3.70. The first-order valence-electron chi connectivity index (χ1n) is 7.53. The molecule has 1 aromatic carbocycles. The van der Waals surface area contributed by atoms with Crippen molar-refractivity contribution in [2.24, 2.45) is 0 Å². The lowest BCUT2D eigenvalue weighted by Gasteiger charge is -2.13. The zero-order valence-electron chi connectivity index (χ0n) is 14.0.